The lowest BCUT2D eigenvalue weighted by atomic mass is 9.93. The molecular weight excluding hydrogens is 240 g/mol. The first-order valence-electron chi connectivity index (χ1n) is 6.48. The lowest BCUT2D eigenvalue weighted by Gasteiger charge is -2.28. The van der Waals surface area contributed by atoms with Crippen LogP contribution < -0.4 is 15.6 Å². The van der Waals surface area contributed by atoms with Crippen LogP contribution in [0, 0.1) is 5.92 Å². The quantitative estimate of drug-likeness (QED) is 0.875. The number of hydrogen-bond acceptors (Lipinski definition) is 3. The highest BCUT2D eigenvalue weighted by atomic mass is 16.5. The summed E-state index contributed by atoms with van der Waals surface area (Å²) in [6.07, 6.45) is 2.69. The molecule has 19 heavy (non-hydrogen) atoms. The first kappa shape index (κ1) is 13.6. The molecule has 1 fully saturated rings. The molecule has 0 spiro atoms. The van der Waals surface area contributed by atoms with Gasteiger partial charge in [0.15, 0.2) is 0 Å². The number of rotatable bonds is 3. The summed E-state index contributed by atoms with van der Waals surface area (Å²) in [7, 11) is 1.67. The number of carbonyl (C=O) groups is 1. The van der Waals surface area contributed by atoms with Crippen molar-refractivity contribution in [3.8, 4) is 5.75 Å². The molecule has 4 nitrogen and oxygen atoms in total. The fourth-order valence-electron chi connectivity index (χ4n) is 2.31. The lowest BCUT2D eigenvalue weighted by Crippen LogP contribution is -2.52. The van der Waals surface area contributed by atoms with Gasteiger partial charge < -0.3 is 4.74 Å². The van der Waals surface area contributed by atoms with Crippen molar-refractivity contribution in [2.24, 2.45) is 5.92 Å². The van der Waals surface area contributed by atoms with Gasteiger partial charge in [-0.1, -0.05) is 31.2 Å². The van der Waals surface area contributed by atoms with Crippen molar-refractivity contribution in [1.29, 1.82) is 0 Å². The maximum atomic E-state index is 11.3. The van der Waals surface area contributed by atoms with E-state index in [1.54, 1.807) is 7.11 Å². The first-order valence-corrected chi connectivity index (χ1v) is 6.48. The van der Waals surface area contributed by atoms with Crippen LogP contribution in [-0.4, -0.2) is 19.1 Å². The van der Waals surface area contributed by atoms with Crippen molar-refractivity contribution < 1.29 is 9.53 Å². The Morgan fingerprint density at radius 2 is 2.16 bits per heavy atom. The number of ether oxygens (including phenoxy) is 1. The summed E-state index contributed by atoms with van der Waals surface area (Å²) in [6, 6.07) is 8.08. The Hall–Kier alpha value is -1.81. The van der Waals surface area contributed by atoms with Crippen LogP contribution in [0.3, 0.4) is 0 Å². The molecule has 2 N–H and O–H groups in total. The highest BCUT2D eigenvalue weighted by Gasteiger charge is 2.23. The first-order chi connectivity index (χ1) is 9.11. The average Bonchev–Trinajstić information content (AvgIpc) is 2.41. The van der Waals surface area contributed by atoms with Crippen LogP contribution in [0.4, 0.5) is 0 Å². The Balaban J connectivity index is 2.20. The summed E-state index contributed by atoms with van der Waals surface area (Å²) in [6.45, 7) is 4.13. The molecular formula is C15H20N2O2. The molecule has 1 aliphatic rings. The number of amides is 1. The summed E-state index contributed by atoms with van der Waals surface area (Å²) < 4.78 is 5.37. The van der Waals surface area contributed by atoms with E-state index in [4.69, 9.17) is 4.74 Å². The SMILES string of the molecule is COc1ccccc1/C(C)=C/C1NNC(=O)CC1C. The van der Waals surface area contributed by atoms with E-state index in [0.717, 1.165) is 16.9 Å². The van der Waals surface area contributed by atoms with Crippen molar-refractivity contribution in [2.45, 2.75) is 26.3 Å². The Kier molecular flexibility index (Phi) is 4.22. The van der Waals surface area contributed by atoms with Gasteiger partial charge in [0.05, 0.1) is 7.11 Å². The minimum Gasteiger partial charge on any atom is -0.496 e. The van der Waals surface area contributed by atoms with E-state index in [9.17, 15) is 4.79 Å². The van der Waals surface area contributed by atoms with E-state index >= 15 is 0 Å². The molecule has 0 bridgehead atoms. The Morgan fingerprint density at radius 3 is 2.84 bits per heavy atom. The molecule has 2 atom stereocenters. The molecule has 2 unspecified atom stereocenters. The second kappa shape index (κ2) is 5.89. The van der Waals surface area contributed by atoms with Crippen LogP contribution in [-0.2, 0) is 4.79 Å². The minimum atomic E-state index is 0.0482. The fourth-order valence-corrected chi connectivity index (χ4v) is 2.31. The third-order valence-electron chi connectivity index (χ3n) is 3.46. The number of para-hydroxylation sites is 1. The largest absolute Gasteiger partial charge is 0.496 e. The smallest absolute Gasteiger partial charge is 0.234 e. The van der Waals surface area contributed by atoms with Crippen LogP contribution in [0.5, 0.6) is 5.75 Å². The Labute approximate surface area is 113 Å². The number of methoxy groups -OCH3 is 1. The molecule has 2 rings (SSSR count). The standard InChI is InChI=1S/C15H20N2O2/c1-10(12-6-4-5-7-14(12)19-3)8-13-11(2)9-15(18)17-16-13/h4-8,11,13,16H,9H2,1-3H3,(H,17,18)/b10-8+. The Bertz CT molecular complexity index is 497. The molecule has 0 radical (unpaired) electrons. The van der Waals surface area contributed by atoms with E-state index in [1.807, 2.05) is 24.3 Å². The molecule has 102 valence electrons. The van der Waals surface area contributed by atoms with E-state index in [2.05, 4.69) is 30.8 Å². The summed E-state index contributed by atoms with van der Waals surface area (Å²) in [5.41, 5.74) is 7.94. The van der Waals surface area contributed by atoms with Crippen LogP contribution >= 0.6 is 0 Å². The number of allylic oxidation sites excluding steroid dienone is 1. The van der Waals surface area contributed by atoms with Gasteiger partial charge in [0.2, 0.25) is 5.91 Å². The molecule has 0 aliphatic carbocycles. The molecule has 1 heterocycles. The predicted molar refractivity (Wildman–Crippen MR) is 75.5 cm³/mol. The van der Waals surface area contributed by atoms with Gasteiger partial charge in [0.1, 0.15) is 5.75 Å². The number of benzene rings is 1. The Morgan fingerprint density at radius 1 is 1.42 bits per heavy atom. The van der Waals surface area contributed by atoms with E-state index in [-0.39, 0.29) is 17.9 Å². The maximum absolute atomic E-state index is 11.3. The van der Waals surface area contributed by atoms with Gasteiger partial charge in [-0.15, -0.1) is 0 Å². The summed E-state index contributed by atoms with van der Waals surface area (Å²) in [4.78, 5) is 11.3. The topological polar surface area (TPSA) is 50.4 Å². The average molecular weight is 260 g/mol. The third kappa shape index (κ3) is 3.15. The van der Waals surface area contributed by atoms with Crippen molar-refractivity contribution in [3.05, 3.63) is 35.9 Å². The fraction of sp³-hybridized carbons (Fsp3) is 0.400. The minimum absolute atomic E-state index is 0.0482. The van der Waals surface area contributed by atoms with Gasteiger partial charge in [0, 0.05) is 18.0 Å². The monoisotopic (exact) mass is 260 g/mol. The van der Waals surface area contributed by atoms with Gasteiger partial charge in [-0.2, -0.15) is 0 Å². The summed E-state index contributed by atoms with van der Waals surface area (Å²) in [5, 5.41) is 0. The zero-order valence-electron chi connectivity index (χ0n) is 11.6. The van der Waals surface area contributed by atoms with E-state index < -0.39 is 0 Å². The van der Waals surface area contributed by atoms with E-state index in [0.29, 0.717) is 6.42 Å². The normalized spacial score (nSPS) is 23.9. The maximum Gasteiger partial charge on any atom is 0.234 e. The third-order valence-corrected chi connectivity index (χ3v) is 3.46. The summed E-state index contributed by atoms with van der Waals surface area (Å²) in [5.74, 6) is 1.19. The van der Waals surface area contributed by atoms with Gasteiger partial charge in [-0.05, 0) is 24.5 Å². The molecule has 0 aromatic heterocycles. The number of carbonyl (C=O) groups excluding carboxylic acids is 1. The molecule has 1 amide bonds. The van der Waals surface area contributed by atoms with Crippen LogP contribution in [0.2, 0.25) is 0 Å². The number of nitrogens with one attached hydrogen (secondary N) is 2. The molecule has 1 aromatic carbocycles. The number of hydrogen-bond donors (Lipinski definition) is 2. The molecule has 1 aromatic rings. The molecule has 0 saturated carbocycles. The predicted octanol–water partition coefficient (Wildman–Crippen LogP) is 2.13. The van der Waals surface area contributed by atoms with Gasteiger partial charge >= 0.3 is 0 Å². The highest BCUT2D eigenvalue weighted by molar-refractivity contribution is 5.77. The lowest BCUT2D eigenvalue weighted by molar-refractivity contribution is -0.125. The molecule has 1 aliphatic heterocycles. The molecule has 4 heteroatoms. The zero-order valence-corrected chi connectivity index (χ0v) is 11.6. The second-order valence-electron chi connectivity index (χ2n) is 4.95. The molecule has 1 saturated heterocycles. The van der Waals surface area contributed by atoms with Crippen LogP contribution in [0.15, 0.2) is 30.3 Å². The van der Waals surface area contributed by atoms with E-state index in [1.165, 1.54) is 0 Å². The zero-order chi connectivity index (χ0) is 13.8. The van der Waals surface area contributed by atoms with Gasteiger partial charge in [-0.25, -0.2) is 5.43 Å². The number of hydrazine groups is 1. The van der Waals surface area contributed by atoms with Gasteiger partial charge in [0.25, 0.3) is 0 Å². The second-order valence-corrected chi connectivity index (χ2v) is 4.95. The highest BCUT2D eigenvalue weighted by Crippen LogP contribution is 2.26. The van der Waals surface area contributed by atoms with Crippen molar-refractivity contribution in [2.75, 3.05) is 7.11 Å². The van der Waals surface area contributed by atoms with Crippen LogP contribution in [0.25, 0.3) is 5.57 Å². The van der Waals surface area contributed by atoms with Crippen molar-refractivity contribution in [1.82, 2.24) is 10.9 Å². The van der Waals surface area contributed by atoms with Gasteiger partial charge in [-0.3, -0.25) is 10.2 Å². The van der Waals surface area contributed by atoms with Crippen molar-refractivity contribution >= 4 is 11.5 Å². The van der Waals surface area contributed by atoms with Crippen LogP contribution in [0.1, 0.15) is 25.8 Å². The summed E-state index contributed by atoms with van der Waals surface area (Å²) >= 11 is 0. The van der Waals surface area contributed by atoms with Crippen molar-refractivity contribution in [3.63, 3.8) is 0 Å².